The number of rotatable bonds is 6. The van der Waals surface area contributed by atoms with Crippen molar-refractivity contribution >= 4 is 22.9 Å². The third-order valence-corrected chi connectivity index (χ3v) is 5.32. The lowest BCUT2D eigenvalue weighted by atomic mass is 9.97. The summed E-state index contributed by atoms with van der Waals surface area (Å²) in [5, 5.41) is 14.2. The summed E-state index contributed by atoms with van der Waals surface area (Å²) in [6.07, 6.45) is 7.85. The van der Waals surface area contributed by atoms with E-state index < -0.39 is 5.54 Å². The highest BCUT2D eigenvalue weighted by molar-refractivity contribution is 7.99. The van der Waals surface area contributed by atoms with Crippen LogP contribution >= 0.6 is 11.8 Å². The Labute approximate surface area is 126 Å². The molecule has 0 aromatic carbocycles. The minimum atomic E-state index is -0.414. The Morgan fingerprint density at radius 1 is 1.33 bits per heavy atom. The van der Waals surface area contributed by atoms with Gasteiger partial charge in [0.1, 0.15) is 22.4 Å². The highest BCUT2D eigenvalue weighted by atomic mass is 32.2. The smallest absolute Gasteiger partial charge is 0.181 e. The number of nitrogens with zero attached hydrogens (tertiary/aromatic N) is 4. The molecule has 108 valence electrons. The lowest BCUT2D eigenvalue weighted by Gasteiger charge is -2.27. The predicted molar refractivity (Wildman–Crippen MR) is 79.6 cm³/mol. The topological polar surface area (TPSA) is 90.3 Å². The van der Waals surface area contributed by atoms with Crippen LogP contribution in [0.5, 0.6) is 0 Å². The first kappa shape index (κ1) is 13.0. The third-order valence-electron chi connectivity index (χ3n) is 4.14. The Hall–Kier alpha value is -1.65. The van der Waals surface area contributed by atoms with Gasteiger partial charge in [-0.3, -0.25) is 5.32 Å². The lowest BCUT2D eigenvalue weighted by Crippen LogP contribution is -2.49. The molecule has 7 heteroatoms. The Balaban J connectivity index is 1.56. The number of thioether (sulfide) groups is 1. The number of nitriles is 1. The summed E-state index contributed by atoms with van der Waals surface area (Å²) in [5.41, 5.74) is 1.12. The number of nitrogens with one attached hydrogen (secondary N) is 2. The maximum absolute atomic E-state index is 9.74. The van der Waals surface area contributed by atoms with Gasteiger partial charge in [0.15, 0.2) is 5.65 Å². The zero-order valence-electron chi connectivity index (χ0n) is 11.5. The van der Waals surface area contributed by atoms with Crippen LogP contribution in [0.4, 0.5) is 0 Å². The number of fused-ring (bicyclic) bond motifs is 1. The molecule has 6 nitrogen and oxygen atoms in total. The molecule has 1 unspecified atom stereocenters. The number of hydrogen-bond donors (Lipinski definition) is 2. The molecule has 2 aromatic rings. The molecule has 0 bridgehead atoms. The van der Waals surface area contributed by atoms with Crippen LogP contribution in [0.25, 0.3) is 11.2 Å². The van der Waals surface area contributed by atoms with Crippen molar-refractivity contribution in [1.82, 2.24) is 25.3 Å². The van der Waals surface area contributed by atoms with Crippen molar-refractivity contribution in [2.75, 3.05) is 5.75 Å². The number of aromatic amines is 1. The van der Waals surface area contributed by atoms with E-state index in [1.54, 1.807) is 18.1 Å². The number of hydrogen-bond acceptors (Lipinski definition) is 6. The second kappa shape index (κ2) is 4.97. The molecule has 2 heterocycles. The molecule has 21 heavy (non-hydrogen) atoms. The quantitative estimate of drug-likeness (QED) is 0.625. The Morgan fingerprint density at radius 2 is 2.19 bits per heavy atom. The Bertz CT molecular complexity index is 699. The van der Waals surface area contributed by atoms with E-state index in [-0.39, 0.29) is 0 Å². The van der Waals surface area contributed by atoms with Crippen LogP contribution in [0.15, 0.2) is 17.7 Å². The zero-order chi connectivity index (χ0) is 14.3. The van der Waals surface area contributed by atoms with Crippen molar-refractivity contribution in [3.05, 3.63) is 12.7 Å². The first-order valence-electron chi connectivity index (χ1n) is 7.26. The predicted octanol–water partition coefficient (Wildman–Crippen LogP) is 1.87. The van der Waals surface area contributed by atoms with E-state index in [9.17, 15) is 5.26 Å². The Kier molecular flexibility index (Phi) is 3.08. The van der Waals surface area contributed by atoms with Gasteiger partial charge in [0.05, 0.1) is 12.4 Å². The van der Waals surface area contributed by atoms with E-state index in [1.807, 2.05) is 0 Å². The number of H-pyrrole nitrogens is 1. The summed E-state index contributed by atoms with van der Waals surface area (Å²) in [4.78, 5) is 15.7. The molecule has 2 aliphatic carbocycles. The van der Waals surface area contributed by atoms with Crippen LogP contribution in [-0.4, -0.2) is 37.3 Å². The largest absolute Gasteiger partial charge is 0.341 e. The third kappa shape index (κ3) is 2.49. The first-order valence-corrected chi connectivity index (χ1v) is 8.25. The molecular formula is C14H16N6S. The van der Waals surface area contributed by atoms with Crippen LogP contribution in [0, 0.1) is 17.2 Å². The van der Waals surface area contributed by atoms with Crippen LogP contribution in [0.2, 0.25) is 0 Å². The molecule has 2 aliphatic rings. The van der Waals surface area contributed by atoms with E-state index in [1.165, 1.54) is 19.2 Å². The molecule has 1 atom stereocenters. The van der Waals surface area contributed by atoms with Gasteiger partial charge in [-0.05, 0) is 31.6 Å². The van der Waals surface area contributed by atoms with Crippen LogP contribution in [-0.2, 0) is 0 Å². The van der Waals surface area contributed by atoms with Crippen molar-refractivity contribution in [3.63, 3.8) is 0 Å². The molecule has 2 N–H and O–H groups in total. The fraction of sp³-hybridized carbons (Fsp3) is 0.571. The van der Waals surface area contributed by atoms with Gasteiger partial charge in [-0.2, -0.15) is 5.26 Å². The maximum Gasteiger partial charge on any atom is 0.181 e. The van der Waals surface area contributed by atoms with Crippen LogP contribution < -0.4 is 5.32 Å². The zero-order valence-corrected chi connectivity index (χ0v) is 12.4. The van der Waals surface area contributed by atoms with Gasteiger partial charge in [0.25, 0.3) is 0 Å². The molecule has 0 spiro atoms. The average Bonchev–Trinajstić information content (AvgIpc) is 3.42. The second-order valence-corrected chi connectivity index (χ2v) is 6.81. The monoisotopic (exact) mass is 300 g/mol. The van der Waals surface area contributed by atoms with Gasteiger partial charge >= 0.3 is 0 Å². The second-order valence-electron chi connectivity index (χ2n) is 5.84. The summed E-state index contributed by atoms with van der Waals surface area (Å²) < 4.78 is 0. The molecule has 0 aliphatic heterocycles. The van der Waals surface area contributed by atoms with Gasteiger partial charge in [-0.1, -0.05) is 0 Å². The van der Waals surface area contributed by atoms with E-state index in [2.05, 4.69) is 31.3 Å². The van der Waals surface area contributed by atoms with Gasteiger partial charge in [-0.15, -0.1) is 11.8 Å². The summed E-state index contributed by atoms with van der Waals surface area (Å²) in [5.74, 6) is 1.20. The molecule has 0 saturated heterocycles. The molecule has 2 aromatic heterocycles. The fourth-order valence-corrected chi connectivity index (χ4v) is 3.80. The van der Waals surface area contributed by atoms with Crippen molar-refractivity contribution < 1.29 is 0 Å². The van der Waals surface area contributed by atoms with Crippen LogP contribution in [0.3, 0.4) is 0 Å². The van der Waals surface area contributed by atoms with Gasteiger partial charge < -0.3 is 4.98 Å². The number of imidazole rings is 1. The molecule has 2 saturated carbocycles. The standard InChI is InChI=1S/C14H16N6S/c15-5-14(9-1-2-9,20-10-3-4-10)6-21-13-11-12(17-7-16-11)18-8-19-13/h7-10,20H,1-4,6H2,(H,16,17,18,19). The molecular weight excluding hydrogens is 284 g/mol. The summed E-state index contributed by atoms with van der Waals surface area (Å²) in [7, 11) is 0. The fourth-order valence-electron chi connectivity index (χ4n) is 2.64. The van der Waals surface area contributed by atoms with Gasteiger partial charge in [0, 0.05) is 11.8 Å². The minimum absolute atomic E-state index is 0.414. The normalized spacial score (nSPS) is 21.1. The van der Waals surface area contributed by atoms with Gasteiger partial charge in [-0.25, -0.2) is 15.0 Å². The van der Waals surface area contributed by atoms with Crippen molar-refractivity contribution in [2.45, 2.75) is 42.3 Å². The lowest BCUT2D eigenvalue weighted by molar-refractivity contribution is 0.401. The SMILES string of the molecule is N#CC(CSc1ncnc2nc[nH]c12)(NC1CC1)C1CC1. The summed E-state index contributed by atoms with van der Waals surface area (Å²) in [6, 6.07) is 3.09. The first-order chi connectivity index (χ1) is 10.3. The summed E-state index contributed by atoms with van der Waals surface area (Å²) >= 11 is 1.62. The van der Waals surface area contributed by atoms with E-state index in [0.717, 1.165) is 29.1 Å². The maximum atomic E-state index is 9.74. The highest BCUT2D eigenvalue weighted by Crippen LogP contribution is 2.43. The molecule has 0 radical (unpaired) electrons. The molecule has 4 rings (SSSR count). The van der Waals surface area contributed by atoms with Crippen molar-refractivity contribution in [2.24, 2.45) is 5.92 Å². The Morgan fingerprint density at radius 3 is 2.90 bits per heavy atom. The minimum Gasteiger partial charge on any atom is -0.341 e. The number of aromatic nitrogens is 4. The highest BCUT2D eigenvalue weighted by Gasteiger charge is 2.48. The van der Waals surface area contributed by atoms with E-state index >= 15 is 0 Å². The summed E-state index contributed by atoms with van der Waals surface area (Å²) in [6.45, 7) is 0. The van der Waals surface area contributed by atoms with Crippen molar-refractivity contribution in [3.8, 4) is 6.07 Å². The average molecular weight is 300 g/mol. The molecule has 2 fully saturated rings. The van der Waals surface area contributed by atoms with Crippen molar-refractivity contribution in [1.29, 1.82) is 5.26 Å². The van der Waals surface area contributed by atoms with Crippen LogP contribution in [0.1, 0.15) is 25.7 Å². The van der Waals surface area contributed by atoms with Gasteiger partial charge in [0.2, 0.25) is 0 Å². The van der Waals surface area contributed by atoms with E-state index in [4.69, 9.17) is 0 Å². The molecule has 0 amide bonds. The van der Waals surface area contributed by atoms with E-state index in [0.29, 0.717) is 17.6 Å².